The van der Waals surface area contributed by atoms with Crippen molar-refractivity contribution in [2.75, 3.05) is 6.54 Å². The molecule has 3 atom stereocenters. The lowest BCUT2D eigenvalue weighted by Gasteiger charge is -2.35. The number of fused-ring (bicyclic) bond motifs is 1. The van der Waals surface area contributed by atoms with Gasteiger partial charge in [-0.1, -0.05) is 27.7 Å². The van der Waals surface area contributed by atoms with Crippen LogP contribution in [0.5, 0.6) is 0 Å². The smallest absolute Gasteiger partial charge is 0.109 e. The van der Waals surface area contributed by atoms with Crippen molar-refractivity contribution in [2.24, 2.45) is 17.8 Å². The van der Waals surface area contributed by atoms with Crippen molar-refractivity contribution in [3.8, 4) is 0 Å². The molecule has 2 heterocycles. The summed E-state index contributed by atoms with van der Waals surface area (Å²) in [6, 6.07) is 0.694. The molecular weight excluding hydrogens is 258 g/mol. The van der Waals surface area contributed by atoms with Crippen molar-refractivity contribution in [2.45, 2.75) is 72.4 Å². The highest BCUT2D eigenvalue weighted by molar-refractivity contribution is 5.22. The van der Waals surface area contributed by atoms with Crippen LogP contribution < -0.4 is 5.32 Å². The van der Waals surface area contributed by atoms with E-state index in [1.54, 1.807) is 0 Å². The van der Waals surface area contributed by atoms with Crippen molar-refractivity contribution >= 4 is 0 Å². The van der Waals surface area contributed by atoms with Gasteiger partial charge in [0.05, 0.1) is 5.69 Å². The zero-order valence-corrected chi connectivity index (χ0v) is 14.2. The minimum absolute atomic E-state index is 0.681. The predicted molar refractivity (Wildman–Crippen MR) is 87.4 cm³/mol. The second-order valence-electron chi connectivity index (χ2n) is 7.74. The van der Waals surface area contributed by atoms with Crippen LogP contribution in [0.1, 0.15) is 70.2 Å². The van der Waals surface area contributed by atoms with Gasteiger partial charge in [0.25, 0.3) is 0 Å². The lowest BCUT2D eigenvalue weighted by Crippen LogP contribution is -2.29. The zero-order chi connectivity index (χ0) is 15.0. The largest absolute Gasteiger partial charge is 0.329 e. The number of hydrogen-bond donors (Lipinski definition) is 1. The Balaban J connectivity index is 1.93. The SMILES string of the molecule is CC(C)Cc1nc2c(n1C1CCC(C)C(C)C1)CCNC2. The van der Waals surface area contributed by atoms with E-state index in [0.717, 1.165) is 37.8 Å². The van der Waals surface area contributed by atoms with Crippen LogP contribution in [0, 0.1) is 17.8 Å². The Hall–Kier alpha value is -0.830. The normalized spacial score (nSPS) is 29.7. The minimum atomic E-state index is 0.681. The van der Waals surface area contributed by atoms with E-state index in [0.29, 0.717) is 12.0 Å². The summed E-state index contributed by atoms with van der Waals surface area (Å²) in [4.78, 5) is 5.01. The summed E-state index contributed by atoms with van der Waals surface area (Å²) in [5.74, 6) is 3.76. The Morgan fingerprint density at radius 3 is 2.76 bits per heavy atom. The zero-order valence-electron chi connectivity index (χ0n) is 14.2. The van der Waals surface area contributed by atoms with Gasteiger partial charge in [-0.25, -0.2) is 4.98 Å². The van der Waals surface area contributed by atoms with Gasteiger partial charge < -0.3 is 9.88 Å². The van der Waals surface area contributed by atoms with Crippen molar-refractivity contribution in [1.29, 1.82) is 0 Å². The monoisotopic (exact) mass is 289 g/mol. The molecule has 3 nitrogen and oxygen atoms in total. The second kappa shape index (κ2) is 6.12. The molecule has 1 fully saturated rings. The van der Waals surface area contributed by atoms with Crippen LogP contribution in [0.3, 0.4) is 0 Å². The van der Waals surface area contributed by atoms with E-state index in [4.69, 9.17) is 4.98 Å². The van der Waals surface area contributed by atoms with E-state index in [-0.39, 0.29) is 0 Å². The highest BCUT2D eigenvalue weighted by Crippen LogP contribution is 2.38. The highest BCUT2D eigenvalue weighted by atomic mass is 15.1. The molecule has 0 saturated heterocycles. The molecule has 0 amide bonds. The van der Waals surface area contributed by atoms with E-state index in [1.807, 2.05) is 0 Å². The van der Waals surface area contributed by atoms with Crippen molar-refractivity contribution in [3.63, 3.8) is 0 Å². The Morgan fingerprint density at radius 1 is 1.24 bits per heavy atom. The Bertz CT molecular complexity index is 489. The molecule has 1 saturated carbocycles. The van der Waals surface area contributed by atoms with Crippen LogP contribution in [-0.2, 0) is 19.4 Å². The first-order valence-corrected chi connectivity index (χ1v) is 8.85. The van der Waals surface area contributed by atoms with Crippen molar-refractivity contribution in [3.05, 3.63) is 17.2 Å². The molecule has 1 aliphatic heterocycles. The summed E-state index contributed by atoms with van der Waals surface area (Å²) in [7, 11) is 0. The number of hydrogen-bond acceptors (Lipinski definition) is 2. The Morgan fingerprint density at radius 2 is 2.05 bits per heavy atom. The van der Waals surface area contributed by atoms with Gasteiger partial charge in [0.15, 0.2) is 0 Å². The van der Waals surface area contributed by atoms with E-state index < -0.39 is 0 Å². The van der Waals surface area contributed by atoms with E-state index in [1.165, 1.54) is 36.5 Å². The van der Waals surface area contributed by atoms with Gasteiger partial charge in [-0.3, -0.25) is 0 Å². The van der Waals surface area contributed by atoms with Gasteiger partial charge >= 0.3 is 0 Å². The molecule has 0 spiro atoms. The highest BCUT2D eigenvalue weighted by Gasteiger charge is 2.30. The van der Waals surface area contributed by atoms with Crippen LogP contribution in [0.15, 0.2) is 0 Å². The van der Waals surface area contributed by atoms with Crippen LogP contribution in [0.4, 0.5) is 0 Å². The third kappa shape index (κ3) is 3.03. The summed E-state index contributed by atoms with van der Waals surface area (Å²) in [6.07, 6.45) is 6.32. The molecule has 1 aromatic heterocycles. The van der Waals surface area contributed by atoms with Gasteiger partial charge in [0.1, 0.15) is 5.82 Å². The quantitative estimate of drug-likeness (QED) is 0.919. The molecule has 0 radical (unpaired) electrons. The average molecular weight is 289 g/mol. The van der Waals surface area contributed by atoms with Gasteiger partial charge in [0.2, 0.25) is 0 Å². The minimum Gasteiger partial charge on any atom is -0.329 e. The number of imidazole rings is 1. The van der Waals surface area contributed by atoms with Gasteiger partial charge in [0, 0.05) is 37.7 Å². The molecule has 0 aromatic carbocycles. The molecule has 21 heavy (non-hydrogen) atoms. The molecule has 1 N–H and O–H groups in total. The first-order valence-electron chi connectivity index (χ1n) is 8.85. The molecule has 1 aliphatic carbocycles. The maximum absolute atomic E-state index is 5.01. The van der Waals surface area contributed by atoms with Gasteiger partial charge in [-0.05, 0) is 37.0 Å². The summed E-state index contributed by atoms with van der Waals surface area (Å²) < 4.78 is 2.67. The van der Waals surface area contributed by atoms with E-state index in [9.17, 15) is 0 Å². The molecular formula is C18H31N3. The lowest BCUT2D eigenvalue weighted by molar-refractivity contribution is 0.204. The first-order chi connectivity index (χ1) is 10.1. The maximum Gasteiger partial charge on any atom is 0.109 e. The van der Waals surface area contributed by atoms with Crippen molar-refractivity contribution in [1.82, 2.24) is 14.9 Å². The molecule has 118 valence electrons. The summed E-state index contributed by atoms with van der Waals surface area (Å²) >= 11 is 0. The number of rotatable bonds is 3. The fourth-order valence-electron chi connectivity index (χ4n) is 4.08. The average Bonchev–Trinajstić information content (AvgIpc) is 2.79. The molecule has 0 bridgehead atoms. The standard InChI is InChI=1S/C18H31N3/c1-12(2)9-18-20-16-11-19-8-7-17(16)21(18)15-6-5-13(3)14(4)10-15/h12-15,19H,5-11H2,1-4H3. The molecule has 3 rings (SSSR count). The third-order valence-electron chi connectivity index (χ3n) is 5.52. The third-order valence-corrected chi connectivity index (χ3v) is 5.52. The summed E-state index contributed by atoms with van der Waals surface area (Å²) in [5, 5.41) is 3.48. The predicted octanol–water partition coefficient (Wildman–Crippen LogP) is 3.72. The van der Waals surface area contributed by atoms with E-state index >= 15 is 0 Å². The first kappa shape index (κ1) is 15.1. The number of nitrogens with zero attached hydrogens (tertiary/aromatic N) is 2. The van der Waals surface area contributed by atoms with Crippen LogP contribution in [0.2, 0.25) is 0 Å². The molecule has 3 unspecified atom stereocenters. The Labute approximate surface area is 129 Å². The number of nitrogens with one attached hydrogen (secondary N) is 1. The topological polar surface area (TPSA) is 29.9 Å². The maximum atomic E-state index is 5.01. The van der Waals surface area contributed by atoms with Crippen molar-refractivity contribution < 1.29 is 0 Å². The van der Waals surface area contributed by atoms with Gasteiger partial charge in [-0.2, -0.15) is 0 Å². The van der Waals surface area contributed by atoms with Crippen LogP contribution in [0.25, 0.3) is 0 Å². The van der Waals surface area contributed by atoms with Gasteiger partial charge in [-0.15, -0.1) is 0 Å². The molecule has 3 heteroatoms. The summed E-state index contributed by atoms with van der Waals surface area (Å²) in [6.45, 7) is 11.5. The van der Waals surface area contributed by atoms with E-state index in [2.05, 4.69) is 37.6 Å². The number of aromatic nitrogens is 2. The van der Waals surface area contributed by atoms with Crippen LogP contribution >= 0.6 is 0 Å². The fourth-order valence-corrected chi connectivity index (χ4v) is 4.08. The summed E-state index contributed by atoms with van der Waals surface area (Å²) in [5.41, 5.74) is 2.86. The molecule has 2 aliphatic rings. The lowest BCUT2D eigenvalue weighted by atomic mass is 9.79. The fraction of sp³-hybridized carbons (Fsp3) is 0.833. The Kier molecular flexibility index (Phi) is 4.39. The van der Waals surface area contributed by atoms with Crippen LogP contribution in [-0.4, -0.2) is 16.1 Å². The second-order valence-corrected chi connectivity index (χ2v) is 7.74. The molecule has 1 aromatic rings.